The topological polar surface area (TPSA) is 145 Å². The maximum Gasteiger partial charge on any atom is 0.410 e. The first-order valence-electron chi connectivity index (χ1n) is 11.8. The molecule has 0 bridgehead atoms. The van der Waals surface area contributed by atoms with Crippen molar-refractivity contribution in [2.45, 2.75) is 44.9 Å². The molecule has 2 aromatic carbocycles. The van der Waals surface area contributed by atoms with E-state index < -0.39 is 36.0 Å². The van der Waals surface area contributed by atoms with Crippen LogP contribution in [0.15, 0.2) is 54.6 Å². The smallest absolute Gasteiger partial charge is 0.410 e. The lowest BCUT2D eigenvalue weighted by Crippen LogP contribution is -2.44. The van der Waals surface area contributed by atoms with Crippen LogP contribution in [0.1, 0.15) is 42.1 Å². The Morgan fingerprint density at radius 2 is 1.75 bits per heavy atom. The Morgan fingerprint density at radius 3 is 2.42 bits per heavy atom. The number of aliphatic hydroxyl groups is 1. The standard InChI is InChI=1S/C26H31N3O7/c1-17(14-22(30)31)27-24(33)20-8-5-9-21(15-20)28-25(34)23(32)19-10-12-29(13-11-19)26(35)36-16-18-6-3-2-4-7-18/h2-9,15,17,19,23,32H,10-14,16H2,1H3,(H,27,33)(H,28,34)(H,30,31). The van der Waals surface area contributed by atoms with E-state index in [9.17, 15) is 24.3 Å². The van der Waals surface area contributed by atoms with Crippen molar-refractivity contribution in [2.24, 2.45) is 5.92 Å². The van der Waals surface area contributed by atoms with Crippen molar-refractivity contribution in [3.05, 3.63) is 65.7 Å². The number of benzene rings is 2. The maximum atomic E-state index is 12.6. The Kier molecular flexibility index (Phi) is 9.40. The van der Waals surface area contributed by atoms with Crippen LogP contribution in [0.3, 0.4) is 0 Å². The number of aliphatic hydroxyl groups excluding tert-OH is 1. The van der Waals surface area contributed by atoms with Gasteiger partial charge in [0.25, 0.3) is 11.8 Å². The lowest BCUT2D eigenvalue weighted by atomic mass is 9.91. The van der Waals surface area contributed by atoms with E-state index in [-0.39, 0.29) is 24.5 Å². The molecule has 1 fully saturated rings. The van der Waals surface area contributed by atoms with Gasteiger partial charge in [-0.05, 0) is 49.4 Å². The van der Waals surface area contributed by atoms with Gasteiger partial charge in [-0.1, -0.05) is 36.4 Å². The summed E-state index contributed by atoms with van der Waals surface area (Å²) in [5.74, 6) is -2.41. The number of rotatable bonds is 9. The number of amides is 3. The number of anilines is 1. The average molecular weight is 498 g/mol. The summed E-state index contributed by atoms with van der Waals surface area (Å²) >= 11 is 0. The number of carbonyl (C=O) groups is 4. The third kappa shape index (κ3) is 7.81. The summed E-state index contributed by atoms with van der Waals surface area (Å²) in [5, 5.41) is 24.6. The van der Waals surface area contributed by atoms with Gasteiger partial charge < -0.3 is 30.5 Å². The van der Waals surface area contributed by atoms with Crippen molar-refractivity contribution in [3.63, 3.8) is 0 Å². The third-order valence-electron chi connectivity index (χ3n) is 5.97. The highest BCUT2D eigenvalue weighted by molar-refractivity contribution is 5.98. The van der Waals surface area contributed by atoms with Gasteiger partial charge in [0.05, 0.1) is 6.42 Å². The number of carboxylic acids is 1. The number of hydrogen-bond donors (Lipinski definition) is 4. The van der Waals surface area contributed by atoms with E-state index in [1.54, 1.807) is 30.0 Å². The Balaban J connectivity index is 1.47. The van der Waals surface area contributed by atoms with Crippen LogP contribution < -0.4 is 10.6 Å². The molecule has 1 aliphatic heterocycles. The first-order chi connectivity index (χ1) is 17.2. The summed E-state index contributed by atoms with van der Waals surface area (Å²) in [4.78, 5) is 49.7. The number of nitrogens with one attached hydrogen (secondary N) is 2. The zero-order valence-electron chi connectivity index (χ0n) is 20.1. The predicted octanol–water partition coefficient (Wildman–Crippen LogP) is 2.63. The van der Waals surface area contributed by atoms with Gasteiger partial charge >= 0.3 is 12.1 Å². The number of piperidine rings is 1. The van der Waals surface area contributed by atoms with Gasteiger partial charge in [0.15, 0.2) is 0 Å². The highest BCUT2D eigenvalue weighted by Gasteiger charge is 2.32. The molecular weight excluding hydrogens is 466 g/mol. The molecule has 0 aliphatic carbocycles. The van der Waals surface area contributed by atoms with Crippen molar-refractivity contribution in [2.75, 3.05) is 18.4 Å². The molecule has 1 heterocycles. The van der Waals surface area contributed by atoms with Crippen molar-refractivity contribution < 1.29 is 34.1 Å². The van der Waals surface area contributed by atoms with Crippen LogP contribution >= 0.6 is 0 Å². The highest BCUT2D eigenvalue weighted by Crippen LogP contribution is 2.23. The molecule has 2 aromatic rings. The molecule has 0 saturated carbocycles. The van der Waals surface area contributed by atoms with Gasteiger partial charge in [0, 0.05) is 30.4 Å². The molecule has 4 N–H and O–H groups in total. The fourth-order valence-corrected chi connectivity index (χ4v) is 4.00. The number of ether oxygens (including phenoxy) is 1. The quantitative estimate of drug-likeness (QED) is 0.417. The summed E-state index contributed by atoms with van der Waals surface area (Å²) in [6, 6.07) is 15.0. The Labute approximate surface area is 209 Å². The number of carbonyl (C=O) groups excluding carboxylic acids is 3. The van der Waals surface area contributed by atoms with E-state index in [1.807, 2.05) is 30.3 Å². The molecule has 2 atom stereocenters. The van der Waals surface area contributed by atoms with Gasteiger partial charge in [-0.3, -0.25) is 14.4 Å². The van der Waals surface area contributed by atoms with Crippen molar-refractivity contribution in [3.8, 4) is 0 Å². The minimum atomic E-state index is -1.28. The lowest BCUT2D eigenvalue weighted by Gasteiger charge is -2.33. The van der Waals surface area contributed by atoms with Crippen LogP contribution in [0.25, 0.3) is 0 Å². The SMILES string of the molecule is CC(CC(=O)O)NC(=O)c1cccc(NC(=O)C(O)C2CCN(C(=O)OCc3ccccc3)CC2)c1. The molecule has 10 nitrogen and oxygen atoms in total. The van der Waals surface area contributed by atoms with Crippen LogP contribution in [0.2, 0.25) is 0 Å². The molecule has 0 spiro atoms. The number of aliphatic carboxylic acids is 1. The van der Waals surface area contributed by atoms with E-state index in [0.29, 0.717) is 31.6 Å². The van der Waals surface area contributed by atoms with Gasteiger partial charge in [-0.15, -0.1) is 0 Å². The predicted molar refractivity (Wildman–Crippen MR) is 131 cm³/mol. The average Bonchev–Trinajstić information content (AvgIpc) is 2.87. The van der Waals surface area contributed by atoms with Crippen LogP contribution in [0.4, 0.5) is 10.5 Å². The molecule has 2 unspecified atom stereocenters. The second-order valence-corrected chi connectivity index (χ2v) is 8.85. The normalized spacial score (nSPS) is 15.4. The summed E-state index contributed by atoms with van der Waals surface area (Å²) in [6.07, 6.45) is -1.03. The van der Waals surface area contributed by atoms with Crippen LogP contribution in [-0.4, -0.2) is 64.2 Å². The fraction of sp³-hybridized carbons (Fsp3) is 0.385. The summed E-state index contributed by atoms with van der Waals surface area (Å²) in [7, 11) is 0. The second-order valence-electron chi connectivity index (χ2n) is 8.85. The molecule has 192 valence electrons. The van der Waals surface area contributed by atoms with E-state index in [2.05, 4.69) is 10.6 Å². The van der Waals surface area contributed by atoms with E-state index in [1.165, 1.54) is 6.07 Å². The molecule has 1 saturated heterocycles. The van der Waals surface area contributed by atoms with Gasteiger partial charge in [0.2, 0.25) is 0 Å². The zero-order valence-corrected chi connectivity index (χ0v) is 20.1. The zero-order chi connectivity index (χ0) is 26.1. The molecule has 3 rings (SSSR count). The molecule has 1 aliphatic rings. The largest absolute Gasteiger partial charge is 0.481 e. The number of likely N-dealkylation sites (tertiary alicyclic amines) is 1. The van der Waals surface area contributed by atoms with Crippen LogP contribution in [0, 0.1) is 5.92 Å². The summed E-state index contributed by atoms with van der Waals surface area (Å²) < 4.78 is 5.35. The number of carboxylic acid groups (broad SMARTS) is 1. The van der Waals surface area contributed by atoms with Crippen LogP contribution in [0.5, 0.6) is 0 Å². The van der Waals surface area contributed by atoms with Crippen LogP contribution in [-0.2, 0) is 20.9 Å². The Morgan fingerprint density at radius 1 is 1.06 bits per heavy atom. The first-order valence-corrected chi connectivity index (χ1v) is 11.8. The molecule has 0 aromatic heterocycles. The Hall–Kier alpha value is -3.92. The van der Waals surface area contributed by atoms with E-state index in [0.717, 1.165) is 5.56 Å². The first kappa shape index (κ1) is 26.7. The summed E-state index contributed by atoms with van der Waals surface area (Å²) in [5.41, 5.74) is 1.48. The van der Waals surface area contributed by atoms with E-state index >= 15 is 0 Å². The molecular formula is C26H31N3O7. The lowest BCUT2D eigenvalue weighted by molar-refractivity contribution is -0.137. The Bertz CT molecular complexity index is 1070. The van der Waals surface area contributed by atoms with Gasteiger partial charge in [0.1, 0.15) is 12.7 Å². The fourth-order valence-electron chi connectivity index (χ4n) is 4.00. The monoisotopic (exact) mass is 497 g/mol. The van der Waals surface area contributed by atoms with Crippen molar-refractivity contribution in [1.82, 2.24) is 10.2 Å². The molecule has 0 radical (unpaired) electrons. The minimum absolute atomic E-state index is 0.181. The van der Waals surface area contributed by atoms with Gasteiger partial charge in [-0.2, -0.15) is 0 Å². The highest BCUT2D eigenvalue weighted by atomic mass is 16.6. The van der Waals surface area contributed by atoms with E-state index in [4.69, 9.17) is 9.84 Å². The third-order valence-corrected chi connectivity index (χ3v) is 5.97. The molecule has 10 heteroatoms. The van der Waals surface area contributed by atoms with Crippen molar-refractivity contribution in [1.29, 1.82) is 0 Å². The molecule has 3 amide bonds. The minimum Gasteiger partial charge on any atom is -0.481 e. The number of nitrogens with zero attached hydrogens (tertiary/aromatic N) is 1. The second kappa shape index (κ2) is 12.7. The molecule has 36 heavy (non-hydrogen) atoms. The number of hydrogen-bond acceptors (Lipinski definition) is 6. The van der Waals surface area contributed by atoms with Crippen molar-refractivity contribution >= 4 is 29.6 Å². The van der Waals surface area contributed by atoms with Gasteiger partial charge in [-0.25, -0.2) is 4.79 Å². The maximum absolute atomic E-state index is 12.6. The summed E-state index contributed by atoms with van der Waals surface area (Å²) in [6.45, 7) is 2.50.